The van der Waals surface area contributed by atoms with Crippen LogP contribution < -0.4 is 4.90 Å². The van der Waals surface area contributed by atoms with Crippen LogP contribution in [0, 0.1) is 19.3 Å². The Bertz CT molecular complexity index is 367. The average molecular weight is 210 g/mol. The summed E-state index contributed by atoms with van der Waals surface area (Å²) in [6.45, 7) is 2.01. The number of aliphatic carboxylic acids is 1. The number of thiazole rings is 1. The van der Waals surface area contributed by atoms with E-state index in [1.807, 2.05) is 12.3 Å². The molecule has 0 atom stereocenters. The number of carboxylic acids is 1. The minimum Gasteiger partial charge on any atom is -0.480 e. The second-order valence-corrected chi connectivity index (χ2v) is 3.56. The predicted molar refractivity (Wildman–Crippen MR) is 55.5 cm³/mol. The number of nitrogens with zero attached hydrogens (tertiary/aromatic N) is 2. The first-order chi connectivity index (χ1) is 6.63. The third kappa shape index (κ3) is 2.75. The van der Waals surface area contributed by atoms with Crippen molar-refractivity contribution in [2.45, 2.75) is 6.92 Å². The van der Waals surface area contributed by atoms with Crippen LogP contribution in [0.4, 0.5) is 5.13 Å². The molecule has 14 heavy (non-hydrogen) atoms. The molecule has 4 nitrogen and oxygen atoms in total. The first-order valence-corrected chi connectivity index (χ1v) is 4.83. The highest BCUT2D eigenvalue weighted by atomic mass is 32.1. The van der Waals surface area contributed by atoms with Crippen LogP contribution in [-0.4, -0.2) is 29.1 Å². The standard InChI is InChI=1S/C9H10N2O2S/c1-3-4-11(5-8(12)13)9-10-7(2)6-14-9/h1,6H,4-5H2,2H3,(H,12,13). The SMILES string of the molecule is C#CCN(CC(=O)O)c1nc(C)cs1. The third-order valence-corrected chi connectivity index (χ3v) is 2.50. The fourth-order valence-electron chi connectivity index (χ4n) is 0.951. The zero-order chi connectivity index (χ0) is 10.6. The number of anilines is 1. The van der Waals surface area contributed by atoms with Gasteiger partial charge in [-0.15, -0.1) is 17.8 Å². The highest BCUT2D eigenvalue weighted by Gasteiger charge is 2.12. The van der Waals surface area contributed by atoms with Crippen LogP contribution >= 0.6 is 11.3 Å². The minimum atomic E-state index is -0.909. The maximum Gasteiger partial charge on any atom is 0.323 e. The first-order valence-electron chi connectivity index (χ1n) is 3.96. The number of hydrogen-bond acceptors (Lipinski definition) is 4. The lowest BCUT2D eigenvalue weighted by atomic mass is 10.5. The van der Waals surface area contributed by atoms with Gasteiger partial charge in [-0.1, -0.05) is 5.92 Å². The van der Waals surface area contributed by atoms with Crippen molar-refractivity contribution in [1.82, 2.24) is 4.98 Å². The quantitative estimate of drug-likeness (QED) is 0.752. The van der Waals surface area contributed by atoms with Crippen molar-refractivity contribution in [3.8, 4) is 12.3 Å². The van der Waals surface area contributed by atoms with Gasteiger partial charge in [0.25, 0.3) is 0 Å². The van der Waals surface area contributed by atoms with Crippen LogP contribution in [0.25, 0.3) is 0 Å². The molecule has 0 saturated heterocycles. The van der Waals surface area contributed by atoms with E-state index in [0.717, 1.165) is 5.69 Å². The van der Waals surface area contributed by atoms with E-state index in [1.165, 1.54) is 11.3 Å². The molecule has 0 saturated carbocycles. The Morgan fingerprint density at radius 1 is 1.86 bits per heavy atom. The van der Waals surface area contributed by atoms with Gasteiger partial charge in [0.05, 0.1) is 12.2 Å². The summed E-state index contributed by atoms with van der Waals surface area (Å²) in [5.41, 5.74) is 0.873. The summed E-state index contributed by atoms with van der Waals surface area (Å²) in [6, 6.07) is 0. The van der Waals surface area contributed by atoms with Crippen molar-refractivity contribution in [2.24, 2.45) is 0 Å². The summed E-state index contributed by atoms with van der Waals surface area (Å²) in [6.07, 6.45) is 5.14. The van der Waals surface area contributed by atoms with Crippen LogP contribution in [0.1, 0.15) is 5.69 Å². The molecule has 1 aromatic heterocycles. The Kier molecular flexibility index (Phi) is 3.48. The number of carboxylic acid groups (broad SMARTS) is 1. The van der Waals surface area contributed by atoms with E-state index in [-0.39, 0.29) is 13.1 Å². The molecule has 0 unspecified atom stereocenters. The molecule has 1 heterocycles. The molecule has 0 bridgehead atoms. The van der Waals surface area contributed by atoms with Crippen molar-refractivity contribution in [3.63, 3.8) is 0 Å². The second-order valence-electron chi connectivity index (χ2n) is 2.73. The van der Waals surface area contributed by atoms with Gasteiger partial charge < -0.3 is 10.0 Å². The molecule has 0 aliphatic carbocycles. The average Bonchev–Trinajstić information content (AvgIpc) is 2.50. The van der Waals surface area contributed by atoms with Crippen LogP contribution in [0.2, 0.25) is 0 Å². The molecule has 0 amide bonds. The van der Waals surface area contributed by atoms with Gasteiger partial charge in [-0.3, -0.25) is 4.79 Å². The smallest absolute Gasteiger partial charge is 0.323 e. The molecule has 5 heteroatoms. The zero-order valence-corrected chi connectivity index (χ0v) is 8.54. The number of rotatable bonds is 4. The van der Waals surface area contributed by atoms with Gasteiger partial charge in [-0.2, -0.15) is 0 Å². The number of hydrogen-bond donors (Lipinski definition) is 1. The maximum absolute atomic E-state index is 10.5. The highest BCUT2D eigenvalue weighted by Crippen LogP contribution is 2.19. The highest BCUT2D eigenvalue weighted by molar-refractivity contribution is 7.13. The fraction of sp³-hybridized carbons (Fsp3) is 0.333. The summed E-state index contributed by atoms with van der Waals surface area (Å²) >= 11 is 1.40. The monoisotopic (exact) mass is 210 g/mol. The van der Waals surface area contributed by atoms with Gasteiger partial charge >= 0.3 is 5.97 Å². The Hall–Kier alpha value is -1.54. The minimum absolute atomic E-state index is 0.114. The lowest BCUT2D eigenvalue weighted by molar-refractivity contribution is -0.135. The van der Waals surface area contributed by atoms with Gasteiger partial charge in [-0.05, 0) is 6.92 Å². The maximum atomic E-state index is 10.5. The lowest BCUT2D eigenvalue weighted by Gasteiger charge is -2.15. The van der Waals surface area contributed by atoms with Gasteiger partial charge in [0.15, 0.2) is 5.13 Å². The van der Waals surface area contributed by atoms with Crippen molar-refractivity contribution < 1.29 is 9.90 Å². The van der Waals surface area contributed by atoms with Crippen LogP contribution in [-0.2, 0) is 4.79 Å². The predicted octanol–water partition coefficient (Wildman–Crippen LogP) is 0.976. The van der Waals surface area contributed by atoms with Crippen molar-refractivity contribution in [2.75, 3.05) is 18.0 Å². The molecular formula is C9H10N2O2S. The number of aromatic nitrogens is 1. The van der Waals surface area contributed by atoms with Crippen LogP contribution in [0.5, 0.6) is 0 Å². The Balaban J connectivity index is 2.78. The van der Waals surface area contributed by atoms with E-state index in [2.05, 4.69) is 10.9 Å². The number of carbonyl (C=O) groups is 1. The van der Waals surface area contributed by atoms with E-state index >= 15 is 0 Å². The third-order valence-electron chi connectivity index (χ3n) is 1.49. The molecular weight excluding hydrogens is 200 g/mol. The summed E-state index contributed by atoms with van der Waals surface area (Å²) in [5.74, 6) is 1.50. The van der Waals surface area contributed by atoms with E-state index in [0.29, 0.717) is 5.13 Å². The fourth-order valence-corrected chi connectivity index (χ4v) is 1.75. The normalized spacial score (nSPS) is 9.43. The molecule has 0 fully saturated rings. The molecule has 1 N–H and O–H groups in total. The molecule has 0 aromatic carbocycles. The molecule has 1 aromatic rings. The summed E-state index contributed by atoms with van der Waals surface area (Å²) in [7, 11) is 0. The largest absolute Gasteiger partial charge is 0.480 e. The summed E-state index contributed by atoms with van der Waals surface area (Å²) in [4.78, 5) is 16.3. The Morgan fingerprint density at radius 3 is 3.00 bits per heavy atom. The zero-order valence-electron chi connectivity index (χ0n) is 7.73. The molecule has 0 spiro atoms. The van der Waals surface area contributed by atoms with Crippen molar-refractivity contribution >= 4 is 22.4 Å². The van der Waals surface area contributed by atoms with Crippen LogP contribution in [0.3, 0.4) is 0 Å². The topological polar surface area (TPSA) is 53.4 Å². The van der Waals surface area contributed by atoms with E-state index in [1.54, 1.807) is 4.90 Å². The van der Waals surface area contributed by atoms with Gasteiger partial charge in [0.1, 0.15) is 6.54 Å². The molecule has 0 aliphatic rings. The Morgan fingerprint density at radius 2 is 2.57 bits per heavy atom. The lowest BCUT2D eigenvalue weighted by Crippen LogP contribution is -2.29. The van der Waals surface area contributed by atoms with E-state index in [4.69, 9.17) is 11.5 Å². The molecule has 0 aliphatic heterocycles. The molecule has 74 valence electrons. The number of aryl methyl sites for hydroxylation is 1. The van der Waals surface area contributed by atoms with E-state index in [9.17, 15) is 4.79 Å². The van der Waals surface area contributed by atoms with Crippen LogP contribution in [0.15, 0.2) is 5.38 Å². The van der Waals surface area contributed by atoms with E-state index < -0.39 is 5.97 Å². The van der Waals surface area contributed by atoms with Gasteiger partial charge in [-0.25, -0.2) is 4.98 Å². The van der Waals surface area contributed by atoms with Crippen molar-refractivity contribution in [1.29, 1.82) is 0 Å². The second kappa shape index (κ2) is 4.63. The number of terminal acetylenes is 1. The summed E-state index contributed by atoms with van der Waals surface area (Å²) < 4.78 is 0. The van der Waals surface area contributed by atoms with Gasteiger partial charge in [0, 0.05) is 5.38 Å². The molecule has 1 rings (SSSR count). The molecule has 0 radical (unpaired) electrons. The Labute approximate surface area is 86.2 Å². The summed E-state index contributed by atoms with van der Waals surface area (Å²) in [5, 5.41) is 11.2. The first kappa shape index (κ1) is 10.5. The van der Waals surface area contributed by atoms with Crippen molar-refractivity contribution in [3.05, 3.63) is 11.1 Å². The van der Waals surface area contributed by atoms with Gasteiger partial charge in [0.2, 0.25) is 0 Å².